The van der Waals surface area contributed by atoms with Crippen LogP contribution in [0, 0.1) is 5.92 Å². The van der Waals surface area contributed by atoms with Crippen LogP contribution < -0.4 is 11.1 Å². The first kappa shape index (κ1) is 19.2. The number of carbonyl (C=O) groups is 2. The van der Waals surface area contributed by atoms with Gasteiger partial charge in [0, 0.05) is 19.5 Å². The molecule has 0 aliphatic carbocycles. The predicted octanol–water partition coefficient (Wildman–Crippen LogP) is 1.30. The first-order valence-electron chi connectivity index (χ1n) is 7.37. The zero-order valence-corrected chi connectivity index (χ0v) is 13.4. The van der Waals surface area contributed by atoms with Crippen molar-refractivity contribution in [1.29, 1.82) is 0 Å². The van der Waals surface area contributed by atoms with Crippen molar-refractivity contribution < 1.29 is 9.59 Å². The molecule has 0 bridgehead atoms. The molecule has 1 rings (SSSR count). The molecule has 1 aliphatic heterocycles. The Morgan fingerprint density at radius 3 is 2.70 bits per heavy atom. The average Bonchev–Trinajstić information content (AvgIpc) is 2.44. The largest absolute Gasteiger partial charge is 0.354 e. The lowest BCUT2D eigenvalue weighted by Gasteiger charge is -2.35. The summed E-state index contributed by atoms with van der Waals surface area (Å²) in [6.07, 6.45) is 4.15. The highest BCUT2D eigenvalue weighted by Gasteiger charge is 2.31. The van der Waals surface area contributed by atoms with E-state index in [0.29, 0.717) is 26.1 Å². The van der Waals surface area contributed by atoms with Gasteiger partial charge in [-0.05, 0) is 38.1 Å². The van der Waals surface area contributed by atoms with E-state index < -0.39 is 0 Å². The SMILES string of the molecule is CCCC(=O)N1CCCCC1C(=O)NCC(C)CN.Cl. The quantitative estimate of drug-likeness (QED) is 0.776. The molecule has 2 atom stereocenters. The summed E-state index contributed by atoms with van der Waals surface area (Å²) in [5.41, 5.74) is 5.54. The smallest absolute Gasteiger partial charge is 0.242 e. The second-order valence-corrected chi connectivity index (χ2v) is 5.43. The van der Waals surface area contributed by atoms with Crippen molar-refractivity contribution >= 4 is 24.2 Å². The molecule has 2 amide bonds. The molecule has 0 saturated carbocycles. The fourth-order valence-corrected chi connectivity index (χ4v) is 2.34. The molecular formula is C14H28ClN3O2. The summed E-state index contributed by atoms with van der Waals surface area (Å²) in [4.78, 5) is 26.0. The number of nitrogens with zero attached hydrogens (tertiary/aromatic N) is 1. The summed E-state index contributed by atoms with van der Waals surface area (Å²) in [7, 11) is 0. The van der Waals surface area contributed by atoms with Gasteiger partial charge in [0.05, 0.1) is 0 Å². The first-order valence-corrected chi connectivity index (χ1v) is 7.37. The molecule has 20 heavy (non-hydrogen) atoms. The van der Waals surface area contributed by atoms with Gasteiger partial charge in [0.1, 0.15) is 6.04 Å². The highest BCUT2D eigenvalue weighted by molar-refractivity contribution is 5.87. The number of carbonyl (C=O) groups excluding carboxylic acids is 2. The molecule has 0 radical (unpaired) electrons. The van der Waals surface area contributed by atoms with E-state index >= 15 is 0 Å². The standard InChI is InChI=1S/C14H27N3O2.ClH/c1-3-6-13(18)17-8-5-4-7-12(17)14(19)16-10-11(2)9-15;/h11-12H,3-10,15H2,1-2H3,(H,16,19);1H. The fraction of sp³-hybridized carbons (Fsp3) is 0.857. The number of nitrogens with two attached hydrogens (primary N) is 1. The second kappa shape index (κ2) is 10.00. The summed E-state index contributed by atoms with van der Waals surface area (Å²) >= 11 is 0. The fourth-order valence-electron chi connectivity index (χ4n) is 2.34. The van der Waals surface area contributed by atoms with Crippen LogP contribution in [-0.4, -0.2) is 42.4 Å². The number of halogens is 1. The van der Waals surface area contributed by atoms with Gasteiger partial charge in [0.2, 0.25) is 11.8 Å². The van der Waals surface area contributed by atoms with Crippen LogP contribution in [0.15, 0.2) is 0 Å². The van der Waals surface area contributed by atoms with Crippen LogP contribution in [0.4, 0.5) is 0 Å². The molecule has 0 aromatic rings. The van der Waals surface area contributed by atoms with E-state index in [0.717, 1.165) is 25.7 Å². The van der Waals surface area contributed by atoms with Crippen LogP contribution in [0.2, 0.25) is 0 Å². The van der Waals surface area contributed by atoms with Crippen molar-refractivity contribution in [3.63, 3.8) is 0 Å². The van der Waals surface area contributed by atoms with E-state index in [1.54, 1.807) is 4.90 Å². The molecule has 6 heteroatoms. The Labute approximate surface area is 128 Å². The van der Waals surface area contributed by atoms with Crippen LogP contribution in [0.1, 0.15) is 46.0 Å². The number of likely N-dealkylation sites (tertiary alicyclic amines) is 1. The van der Waals surface area contributed by atoms with Gasteiger partial charge in [0.25, 0.3) is 0 Å². The van der Waals surface area contributed by atoms with Gasteiger partial charge in [-0.1, -0.05) is 13.8 Å². The Balaban J connectivity index is 0.00000361. The van der Waals surface area contributed by atoms with E-state index in [1.807, 2.05) is 13.8 Å². The van der Waals surface area contributed by atoms with E-state index in [4.69, 9.17) is 5.73 Å². The van der Waals surface area contributed by atoms with E-state index in [-0.39, 0.29) is 36.2 Å². The summed E-state index contributed by atoms with van der Waals surface area (Å²) < 4.78 is 0. The number of amides is 2. The zero-order valence-electron chi connectivity index (χ0n) is 12.6. The average molecular weight is 306 g/mol. The molecule has 1 fully saturated rings. The summed E-state index contributed by atoms with van der Waals surface area (Å²) in [6, 6.07) is -0.280. The van der Waals surface area contributed by atoms with E-state index in [1.165, 1.54) is 0 Å². The molecule has 1 heterocycles. The number of nitrogens with one attached hydrogen (secondary N) is 1. The third-order valence-electron chi connectivity index (χ3n) is 3.62. The molecule has 118 valence electrons. The Hall–Kier alpha value is -0.810. The summed E-state index contributed by atoms with van der Waals surface area (Å²) in [5.74, 6) is 0.353. The summed E-state index contributed by atoms with van der Waals surface area (Å²) in [6.45, 7) is 5.84. The molecule has 0 aromatic carbocycles. The van der Waals surface area contributed by atoms with Crippen molar-refractivity contribution in [3.05, 3.63) is 0 Å². The Morgan fingerprint density at radius 1 is 1.40 bits per heavy atom. The van der Waals surface area contributed by atoms with Crippen molar-refractivity contribution in [2.24, 2.45) is 11.7 Å². The molecule has 0 spiro atoms. The van der Waals surface area contributed by atoms with Gasteiger partial charge in [-0.25, -0.2) is 0 Å². The third kappa shape index (κ3) is 5.67. The van der Waals surface area contributed by atoms with Crippen LogP contribution in [-0.2, 0) is 9.59 Å². The van der Waals surface area contributed by atoms with Gasteiger partial charge < -0.3 is 16.0 Å². The van der Waals surface area contributed by atoms with Gasteiger partial charge in [-0.3, -0.25) is 9.59 Å². The van der Waals surface area contributed by atoms with Gasteiger partial charge in [-0.15, -0.1) is 12.4 Å². The lowest BCUT2D eigenvalue weighted by molar-refractivity contribution is -0.142. The number of rotatable bonds is 6. The topological polar surface area (TPSA) is 75.4 Å². The first-order chi connectivity index (χ1) is 9.10. The molecule has 2 unspecified atom stereocenters. The molecular weight excluding hydrogens is 278 g/mol. The highest BCUT2D eigenvalue weighted by atomic mass is 35.5. The maximum absolute atomic E-state index is 12.2. The van der Waals surface area contributed by atoms with Crippen LogP contribution in [0.5, 0.6) is 0 Å². The number of hydrogen-bond acceptors (Lipinski definition) is 3. The van der Waals surface area contributed by atoms with Crippen LogP contribution >= 0.6 is 12.4 Å². The Morgan fingerprint density at radius 2 is 2.10 bits per heavy atom. The van der Waals surface area contributed by atoms with Crippen molar-refractivity contribution in [2.75, 3.05) is 19.6 Å². The van der Waals surface area contributed by atoms with Crippen molar-refractivity contribution in [1.82, 2.24) is 10.2 Å². The molecule has 1 aliphatic rings. The van der Waals surface area contributed by atoms with Crippen LogP contribution in [0.3, 0.4) is 0 Å². The van der Waals surface area contributed by atoms with Crippen molar-refractivity contribution in [2.45, 2.75) is 52.0 Å². The number of hydrogen-bond donors (Lipinski definition) is 2. The molecule has 5 nitrogen and oxygen atoms in total. The second-order valence-electron chi connectivity index (χ2n) is 5.43. The predicted molar refractivity (Wildman–Crippen MR) is 82.7 cm³/mol. The highest BCUT2D eigenvalue weighted by Crippen LogP contribution is 2.18. The molecule has 0 aromatic heterocycles. The maximum Gasteiger partial charge on any atom is 0.242 e. The minimum absolute atomic E-state index is 0. The molecule has 3 N–H and O–H groups in total. The maximum atomic E-state index is 12.2. The lowest BCUT2D eigenvalue weighted by Crippen LogP contribution is -2.52. The van der Waals surface area contributed by atoms with Gasteiger partial charge in [0.15, 0.2) is 0 Å². The zero-order chi connectivity index (χ0) is 14.3. The Kier molecular flexibility index (Phi) is 9.59. The number of piperidine rings is 1. The van der Waals surface area contributed by atoms with Gasteiger partial charge >= 0.3 is 0 Å². The third-order valence-corrected chi connectivity index (χ3v) is 3.62. The normalized spacial score (nSPS) is 19.9. The lowest BCUT2D eigenvalue weighted by atomic mass is 10.0. The van der Waals surface area contributed by atoms with E-state index in [9.17, 15) is 9.59 Å². The minimum atomic E-state index is -0.280. The van der Waals surface area contributed by atoms with Gasteiger partial charge in [-0.2, -0.15) is 0 Å². The molecule has 1 saturated heterocycles. The monoisotopic (exact) mass is 305 g/mol. The Bertz CT molecular complexity index is 313. The van der Waals surface area contributed by atoms with E-state index in [2.05, 4.69) is 5.32 Å². The van der Waals surface area contributed by atoms with Crippen LogP contribution in [0.25, 0.3) is 0 Å². The minimum Gasteiger partial charge on any atom is -0.354 e. The summed E-state index contributed by atoms with van der Waals surface area (Å²) in [5, 5.41) is 2.92. The van der Waals surface area contributed by atoms with Crippen molar-refractivity contribution in [3.8, 4) is 0 Å².